The smallest absolute Gasteiger partial charge is 0.312 e. The molecule has 1 aliphatic carbocycles. The summed E-state index contributed by atoms with van der Waals surface area (Å²) in [6, 6.07) is 0.618. The largest absolute Gasteiger partial charge is 0.347 e. The second-order valence-corrected chi connectivity index (χ2v) is 5.43. The molecule has 1 aromatic heterocycles. The first kappa shape index (κ1) is 13.3. The van der Waals surface area contributed by atoms with E-state index in [1.165, 1.54) is 25.7 Å². The van der Waals surface area contributed by atoms with E-state index < -0.39 is 0 Å². The van der Waals surface area contributed by atoms with Crippen molar-refractivity contribution in [1.29, 1.82) is 0 Å². The predicted molar refractivity (Wildman–Crippen MR) is 72.7 cm³/mol. The minimum Gasteiger partial charge on any atom is -0.312 e. The summed E-state index contributed by atoms with van der Waals surface area (Å²) in [5.74, 6) is 0.756. The maximum Gasteiger partial charge on any atom is 0.347 e. The molecule has 1 heterocycles. The summed E-state index contributed by atoms with van der Waals surface area (Å²) in [4.78, 5) is 15.4. The molecule has 1 aromatic rings. The Morgan fingerprint density at radius 3 is 3.00 bits per heavy atom. The van der Waals surface area contributed by atoms with Gasteiger partial charge >= 0.3 is 5.69 Å². The highest BCUT2D eigenvalue weighted by molar-refractivity contribution is 4.99. The summed E-state index contributed by atoms with van der Waals surface area (Å²) < 4.78 is 1.69. The molecule has 4 nitrogen and oxygen atoms in total. The van der Waals surface area contributed by atoms with Crippen molar-refractivity contribution in [1.82, 2.24) is 14.9 Å². The summed E-state index contributed by atoms with van der Waals surface area (Å²) >= 11 is 0. The molecule has 1 saturated carbocycles. The second-order valence-electron chi connectivity index (χ2n) is 5.43. The van der Waals surface area contributed by atoms with E-state index in [-0.39, 0.29) is 5.69 Å². The molecule has 0 bridgehead atoms. The van der Waals surface area contributed by atoms with Gasteiger partial charge in [0.25, 0.3) is 0 Å². The molecule has 18 heavy (non-hydrogen) atoms. The van der Waals surface area contributed by atoms with E-state index in [4.69, 9.17) is 0 Å². The average molecular weight is 249 g/mol. The van der Waals surface area contributed by atoms with Crippen molar-refractivity contribution in [2.24, 2.45) is 5.92 Å². The number of aromatic nitrogens is 2. The van der Waals surface area contributed by atoms with Crippen LogP contribution in [0, 0.1) is 12.8 Å². The van der Waals surface area contributed by atoms with Gasteiger partial charge in [-0.15, -0.1) is 0 Å². The number of rotatable bonds is 4. The van der Waals surface area contributed by atoms with Crippen LogP contribution < -0.4 is 11.0 Å². The number of hydrogen-bond acceptors (Lipinski definition) is 3. The molecule has 0 aromatic carbocycles. The van der Waals surface area contributed by atoms with Crippen LogP contribution in [0.3, 0.4) is 0 Å². The summed E-state index contributed by atoms with van der Waals surface area (Å²) in [6.07, 6.45) is 8.77. The van der Waals surface area contributed by atoms with Gasteiger partial charge < -0.3 is 5.32 Å². The third kappa shape index (κ3) is 3.42. The Kier molecular flexibility index (Phi) is 4.53. The van der Waals surface area contributed by atoms with Gasteiger partial charge in [0.05, 0.1) is 0 Å². The Morgan fingerprint density at radius 2 is 2.22 bits per heavy atom. The maximum absolute atomic E-state index is 11.5. The van der Waals surface area contributed by atoms with Crippen LogP contribution in [-0.2, 0) is 6.54 Å². The maximum atomic E-state index is 11.5. The fraction of sp³-hybridized carbons (Fsp3) is 0.714. The summed E-state index contributed by atoms with van der Waals surface area (Å²) in [5.41, 5.74) is 0.875. The minimum atomic E-state index is -0.154. The zero-order valence-corrected chi connectivity index (χ0v) is 11.4. The van der Waals surface area contributed by atoms with E-state index in [1.54, 1.807) is 10.8 Å². The second kappa shape index (κ2) is 6.14. The number of aryl methyl sites for hydroxylation is 1. The molecule has 2 unspecified atom stereocenters. The number of nitrogens with zero attached hydrogens (tertiary/aromatic N) is 2. The third-order valence-corrected chi connectivity index (χ3v) is 3.85. The van der Waals surface area contributed by atoms with Gasteiger partial charge in [0.15, 0.2) is 0 Å². The van der Waals surface area contributed by atoms with Crippen LogP contribution in [0.4, 0.5) is 0 Å². The minimum absolute atomic E-state index is 0.154. The lowest BCUT2D eigenvalue weighted by Gasteiger charge is -2.29. The van der Waals surface area contributed by atoms with Crippen LogP contribution in [0.15, 0.2) is 17.2 Å². The van der Waals surface area contributed by atoms with E-state index in [0.29, 0.717) is 12.6 Å². The lowest BCUT2D eigenvalue weighted by molar-refractivity contribution is 0.278. The highest BCUT2D eigenvalue weighted by atomic mass is 16.1. The molecule has 2 rings (SSSR count). The molecule has 2 atom stereocenters. The molecule has 1 aliphatic rings. The molecule has 100 valence electrons. The molecule has 1 fully saturated rings. The molecular weight excluding hydrogens is 226 g/mol. The van der Waals surface area contributed by atoms with Gasteiger partial charge in [0.1, 0.15) is 0 Å². The summed E-state index contributed by atoms with van der Waals surface area (Å²) in [7, 11) is 0. The van der Waals surface area contributed by atoms with Gasteiger partial charge in [-0.1, -0.05) is 19.8 Å². The Labute approximate surface area is 108 Å². The molecule has 0 amide bonds. The fourth-order valence-corrected chi connectivity index (χ4v) is 2.72. The van der Waals surface area contributed by atoms with E-state index in [2.05, 4.69) is 17.2 Å². The van der Waals surface area contributed by atoms with Crippen molar-refractivity contribution in [2.75, 3.05) is 6.54 Å². The average Bonchev–Trinajstić information content (AvgIpc) is 2.36. The molecular formula is C14H23N3O. The Morgan fingerprint density at radius 1 is 1.44 bits per heavy atom. The van der Waals surface area contributed by atoms with Crippen LogP contribution in [0.2, 0.25) is 0 Å². The van der Waals surface area contributed by atoms with E-state index >= 15 is 0 Å². The monoisotopic (exact) mass is 249 g/mol. The molecule has 4 heteroatoms. The van der Waals surface area contributed by atoms with Crippen LogP contribution in [0.1, 0.15) is 38.2 Å². The van der Waals surface area contributed by atoms with E-state index in [0.717, 1.165) is 18.0 Å². The standard InChI is InChI=1S/C14H23N3O/c1-11-9-16-14(18)17(10-11)8-7-15-13-6-4-3-5-12(13)2/h9-10,12-13,15H,3-8H2,1-2H3. The van der Waals surface area contributed by atoms with Crippen LogP contribution >= 0.6 is 0 Å². The van der Waals surface area contributed by atoms with Crippen molar-refractivity contribution in [3.63, 3.8) is 0 Å². The number of nitrogens with one attached hydrogen (secondary N) is 1. The highest BCUT2D eigenvalue weighted by Crippen LogP contribution is 2.23. The first-order valence-electron chi connectivity index (χ1n) is 6.93. The van der Waals surface area contributed by atoms with Crippen molar-refractivity contribution in [3.05, 3.63) is 28.4 Å². The molecule has 0 spiro atoms. The predicted octanol–water partition coefficient (Wildman–Crippen LogP) is 1.72. The zero-order valence-electron chi connectivity index (χ0n) is 11.4. The quantitative estimate of drug-likeness (QED) is 0.884. The highest BCUT2D eigenvalue weighted by Gasteiger charge is 2.20. The first-order valence-corrected chi connectivity index (χ1v) is 6.93. The van der Waals surface area contributed by atoms with Gasteiger partial charge in [0, 0.05) is 31.5 Å². The Hall–Kier alpha value is -1.16. The SMILES string of the molecule is Cc1cnc(=O)n(CCNC2CCCCC2C)c1. The van der Waals surface area contributed by atoms with Crippen LogP contribution in [-0.4, -0.2) is 22.1 Å². The Balaban J connectivity index is 1.84. The van der Waals surface area contributed by atoms with Gasteiger partial charge in [-0.3, -0.25) is 4.57 Å². The molecule has 0 saturated heterocycles. The summed E-state index contributed by atoms with van der Waals surface area (Å²) in [6.45, 7) is 5.83. The van der Waals surface area contributed by atoms with Crippen molar-refractivity contribution < 1.29 is 0 Å². The number of hydrogen-bond donors (Lipinski definition) is 1. The fourth-order valence-electron chi connectivity index (χ4n) is 2.72. The summed E-state index contributed by atoms with van der Waals surface area (Å²) in [5, 5.41) is 3.58. The molecule has 1 N–H and O–H groups in total. The van der Waals surface area contributed by atoms with Crippen molar-refractivity contribution in [3.8, 4) is 0 Å². The third-order valence-electron chi connectivity index (χ3n) is 3.85. The van der Waals surface area contributed by atoms with E-state index in [9.17, 15) is 4.79 Å². The zero-order chi connectivity index (χ0) is 13.0. The van der Waals surface area contributed by atoms with Gasteiger partial charge in [-0.25, -0.2) is 9.78 Å². The lowest BCUT2D eigenvalue weighted by atomic mass is 9.86. The van der Waals surface area contributed by atoms with Gasteiger partial charge in [-0.05, 0) is 31.2 Å². The van der Waals surface area contributed by atoms with Gasteiger partial charge in [-0.2, -0.15) is 0 Å². The lowest BCUT2D eigenvalue weighted by Crippen LogP contribution is -2.39. The van der Waals surface area contributed by atoms with Crippen molar-refractivity contribution in [2.45, 2.75) is 52.1 Å². The van der Waals surface area contributed by atoms with Crippen LogP contribution in [0.5, 0.6) is 0 Å². The topological polar surface area (TPSA) is 46.9 Å². The van der Waals surface area contributed by atoms with Crippen LogP contribution in [0.25, 0.3) is 0 Å². The molecule has 0 radical (unpaired) electrons. The molecule has 0 aliphatic heterocycles. The van der Waals surface area contributed by atoms with E-state index in [1.807, 2.05) is 13.1 Å². The first-order chi connectivity index (χ1) is 8.66. The Bertz CT molecular complexity index is 441. The van der Waals surface area contributed by atoms with Crippen molar-refractivity contribution >= 4 is 0 Å². The van der Waals surface area contributed by atoms with Gasteiger partial charge in [0.2, 0.25) is 0 Å². The normalized spacial score (nSPS) is 24.1.